The summed E-state index contributed by atoms with van der Waals surface area (Å²) in [6.45, 7) is 12.2. The Balaban J connectivity index is 0.00000784. The molecule has 1 rings (SSSR count). The van der Waals surface area contributed by atoms with E-state index in [1.165, 1.54) is 0 Å². The highest BCUT2D eigenvalue weighted by Crippen LogP contribution is 2.28. The fourth-order valence-electron chi connectivity index (χ4n) is 3.29. The Bertz CT molecular complexity index is 599. The van der Waals surface area contributed by atoms with Crippen molar-refractivity contribution in [1.82, 2.24) is 19.8 Å². The summed E-state index contributed by atoms with van der Waals surface area (Å²) in [6.07, 6.45) is 0.591. The van der Waals surface area contributed by atoms with E-state index in [1.54, 1.807) is 0 Å². The third-order valence-electron chi connectivity index (χ3n) is 4.73. The summed E-state index contributed by atoms with van der Waals surface area (Å²) in [5.41, 5.74) is -5.25. The number of halogens is 4. The fraction of sp³-hybridized carbons (Fsp3) is 0.941. The minimum atomic E-state index is -5.25. The quantitative estimate of drug-likeness (QED) is 0.273. The molecular formula is C17H35F3IN5O2S. The third kappa shape index (κ3) is 8.74. The van der Waals surface area contributed by atoms with E-state index in [4.69, 9.17) is 0 Å². The zero-order valence-electron chi connectivity index (χ0n) is 17.8. The summed E-state index contributed by atoms with van der Waals surface area (Å²) < 4.78 is 61.5. The van der Waals surface area contributed by atoms with Crippen molar-refractivity contribution in [2.24, 2.45) is 4.99 Å². The molecule has 0 unspecified atom stereocenters. The van der Waals surface area contributed by atoms with E-state index in [1.807, 2.05) is 6.92 Å². The molecule has 7 nitrogen and oxygen atoms in total. The van der Waals surface area contributed by atoms with Gasteiger partial charge in [0.1, 0.15) is 0 Å². The molecular weight excluding hydrogens is 522 g/mol. The van der Waals surface area contributed by atoms with Crippen molar-refractivity contribution in [2.45, 2.75) is 71.1 Å². The average molecular weight is 557 g/mol. The van der Waals surface area contributed by atoms with Crippen LogP contribution >= 0.6 is 24.0 Å². The van der Waals surface area contributed by atoms with Crippen molar-refractivity contribution in [3.8, 4) is 0 Å². The molecule has 0 atom stereocenters. The van der Waals surface area contributed by atoms with Crippen molar-refractivity contribution in [2.75, 3.05) is 32.7 Å². The Kier molecular flexibility index (Phi) is 12.4. The summed E-state index contributed by atoms with van der Waals surface area (Å²) in [5.74, 6) is 0.604. The molecule has 0 aromatic carbocycles. The van der Waals surface area contributed by atoms with Crippen molar-refractivity contribution < 1.29 is 21.6 Å². The van der Waals surface area contributed by atoms with Gasteiger partial charge in [-0.1, -0.05) is 0 Å². The van der Waals surface area contributed by atoms with Gasteiger partial charge in [-0.3, -0.25) is 9.89 Å². The van der Waals surface area contributed by atoms with Crippen LogP contribution in [0.4, 0.5) is 13.2 Å². The Hall–Kier alpha value is -0.340. The van der Waals surface area contributed by atoms with E-state index in [2.05, 4.69) is 48.2 Å². The van der Waals surface area contributed by atoms with Crippen molar-refractivity contribution in [3.63, 3.8) is 0 Å². The Morgan fingerprint density at radius 1 is 1.17 bits per heavy atom. The first kappa shape index (κ1) is 28.7. The van der Waals surface area contributed by atoms with Crippen molar-refractivity contribution in [1.29, 1.82) is 0 Å². The minimum absolute atomic E-state index is 0. The molecule has 0 aromatic heterocycles. The second kappa shape index (κ2) is 12.5. The molecule has 0 bridgehead atoms. The molecule has 174 valence electrons. The number of guanidine groups is 1. The number of nitrogens with zero attached hydrogens (tertiary/aromatic N) is 3. The van der Waals surface area contributed by atoms with Crippen molar-refractivity contribution >= 4 is 40.0 Å². The summed E-state index contributed by atoms with van der Waals surface area (Å²) in [4.78, 5) is 6.89. The van der Waals surface area contributed by atoms with E-state index in [0.717, 1.165) is 6.54 Å². The smallest absolute Gasteiger partial charge is 0.357 e. The molecule has 0 amide bonds. The van der Waals surface area contributed by atoms with Crippen LogP contribution in [0.15, 0.2) is 4.99 Å². The van der Waals surface area contributed by atoms with E-state index in [9.17, 15) is 21.6 Å². The Labute approximate surface area is 189 Å². The number of sulfonamides is 1. The number of alkyl halides is 3. The van der Waals surface area contributed by atoms with Gasteiger partial charge in [0, 0.05) is 44.3 Å². The lowest BCUT2D eigenvalue weighted by molar-refractivity contribution is -0.0494. The topological polar surface area (TPSA) is 77.0 Å². The van der Waals surface area contributed by atoms with Gasteiger partial charge in [0.2, 0.25) is 0 Å². The van der Waals surface area contributed by atoms with Crippen LogP contribution < -0.4 is 10.6 Å². The van der Waals surface area contributed by atoms with E-state index >= 15 is 0 Å². The third-order valence-corrected chi connectivity index (χ3v) is 6.36. The Morgan fingerprint density at radius 3 is 2.10 bits per heavy atom. The minimum Gasteiger partial charge on any atom is -0.357 e. The molecule has 0 spiro atoms. The van der Waals surface area contributed by atoms with Crippen LogP contribution in [0.5, 0.6) is 0 Å². The summed E-state index contributed by atoms with van der Waals surface area (Å²) in [5, 5.41) is 6.35. The lowest BCUT2D eigenvalue weighted by Crippen LogP contribution is -2.51. The van der Waals surface area contributed by atoms with Gasteiger partial charge in [-0.15, -0.1) is 24.0 Å². The van der Waals surface area contributed by atoms with Crippen LogP contribution in [-0.4, -0.2) is 79.9 Å². The molecule has 0 saturated carbocycles. The molecule has 1 aliphatic heterocycles. The number of hydrogen-bond donors (Lipinski definition) is 2. The number of aliphatic imine (C=N–C) groups is 1. The zero-order valence-corrected chi connectivity index (χ0v) is 20.9. The molecule has 0 aromatic rings. The molecule has 1 saturated heterocycles. The van der Waals surface area contributed by atoms with Crippen LogP contribution in [0.25, 0.3) is 0 Å². The number of hydrogen-bond acceptors (Lipinski definition) is 4. The molecule has 0 radical (unpaired) electrons. The average Bonchev–Trinajstić information content (AvgIpc) is 2.57. The van der Waals surface area contributed by atoms with Crippen LogP contribution in [-0.2, 0) is 10.0 Å². The lowest BCUT2D eigenvalue weighted by atomic mass is 10.1. The molecule has 1 aliphatic rings. The second-order valence-corrected chi connectivity index (χ2v) is 9.38. The summed E-state index contributed by atoms with van der Waals surface area (Å²) in [6, 6.07) is 0.695. The van der Waals surface area contributed by atoms with E-state index < -0.39 is 15.5 Å². The van der Waals surface area contributed by atoms with E-state index in [-0.39, 0.29) is 43.1 Å². The van der Waals surface area contributed by atoms with Crippen LogP contribution in [0.3, 0.4) is 0 Å². The van der Waals surface area contributed by atoms with Gasteiger partial charge in [0.15, 0.2) is 5.96 Å². The number of rotatable bonds is 8. The zero-order chi connectivity index (χ0) is 21.5. The normalized spacial score (nSPS) is 17.7. The first-order valence-corrected chi connectivity index (χ1v) is 11.2. The molecule has 1 fully saturated rings. The predicted molar refractivity (Wildman–Crippen MR) is 121 cm³/mol. The Morgan fingerprint density at radius 2 is 1.69 bits per heavy atom. The summed E-state index contributed by atoms with van der Waals surface area (Å²) >= 11 is 0. The second-order valence-electron chi connectivity index (χ2n) is 7.45. The number of nitrogens with one attached hydrogen (secondary N) is 2. The summed E-state index contributed by atoms with van der Waals surface area (Å²) in [7, 11) is -5.25. The van der Waals surface area contributed by atoms with Crippen molar-refractivity contribution in [3.05, 3.63) is 0 Å². The number of piperidine rings is 1. The lowest BCUT2D eigenvalue weighted by Gasteiger charge is -2.33. The monoisotopic (exact) mass is 557 g/mol. The first-order valence-electron chi connectivity index (χ1n) is 9.77. The SMILES string of the molecule is CCNC(=NCCN(C(C)C)C(C)C)NC1CCN(S(=O)(=O)C(F)(F)F)CC1.I. The maximum Gasteiger partial charge on any atom is 0.511 e. The van der Waals surface area contributed by atoms with Gasteiger partial charge in [-0.25, -0.2) is 8.42 Å². The standard InChI is InChI=1S/C17H34F3N5O2S.HI/c1-6-21-16(22-9-12-25(13(2)3)14(4)5)23-15-7-10-24(11-8-15)28(26,27)17(18,19)20;/h13-15H,6-12H2,1-5H3,(H2,21,22,23);1H. The van der Waals surface area contributed by atoms with Gasteiger partial charge in [-0.2, -0.15) is 17.5 Å². The van der Waals surface area contributed by atoms with Crippen LogP contribution in [0.1, 0.15) is 47.5 Å². The highest BCUT2D eigenvalue weighted by atomic mass is 127. The first-order chi connectivity index (χ1) is 12.9. The molecule has 29 heavy (non-hydrogen) atoms. The predicted octanol–water partition coefficient (Wildman–Crippen LogP) is 2.59. The van der Waals surface area contributed by atoms with Crippen LogP contribution in [0.2, 0.25) is 0 Å². The van der Waals surface area contributed by atoms with Gasteiger partial charge in [0.25, 0.3) is 0 Å². The molecule has 12 heteroatoms. The van der Waals surface area contributed by atoms with Gasteiger partial charge < -0.3 is 10.6 Å². The highest BCUT2D eigenvalue weighted by Gasteiger charge is 2.50. The van der Waals surface area contributed by atoms with Crippen LogP contribution in [0, 0.1) is 0 Å². The maximum atomic E-state index is 12.7. The van der Waals surface area contributed by atoms with Gasteiger partial charge in [0.05, 0.1) is 6.54 Å². The van der Waals surface area contributed by atoms with E-state index in [0.29, 0.717) is 48.3 Å². The maximum absolute atomic E-state index is 12.7. The van der Waals surface area contributed by atoms with Gasteiger partial charge >= 0.3 is 15.5 Å². The largest absolute Gasteiger partial charge is 0.511 e. The fourth-order valence-corrected chi connectivity index (χ4v) is 4.27. The highest BCUT2D eigenvalue weighted by molar-refractivity contribution is 14.0. The molecule has 0 aliphatic carbocycles. The van der Waals surface area contributed by atoms with Gasteiger partial charge in [-0.05, 0) is 47.5 Å². The molecule has 2 N–H and O–H groups in total. The molecule has 1 heterocycles.